The van der Waals surface area contributed by atoms with Gasteiger partial charge in [0.05, 0.1) is 17.2 Å². The molecule has 1 amide bonds. The monoisotopic (exact) mass is 527 g/mol. The van der Waals surface area contributed by atoms with Crippen LogP contribution in [0.5, 0.6) is 5.88 Å². The van der Waals surface area contributed by atoms with Crippen molar-refractivity contribution in [2.45, 2.75) is 52.6 Å². The molecule has 3 aromatic heterocycles. The Kier molecular flexibility index (Phi) is 7.46. The Morgan fingerprint density at radius 2 is 1.82 bits per heavy atom. The van der Waals surface area contributed by atoms with Crippen LogP contribution in [0.2, 0.25) is 0 Å². The summed E-state index contributed by atoms with van der Waals surface area (Å²) in [6.45, 7) is 4.47. The van der Waals surface area contributed by atoms with E-state index in [-0.39, 0.29) is 23.7 Å². The smallest absolute Gasteiger partial charge is 0.284 e. The highest BCUT2D eigenvalue weighted by atomic mass is 32.1. The van der Waals surface area contributed by atoms with Crippen LogP contribution in [-0.2, 0) is 17.9 Å². The van der Waals surface area contributed by atoms with Crippen LogP contribution in [0.3, 0.4) is 0 Å². The third-order valence-corrected chi connectivity index (χ3v) is 7.65. The normalized spacial score (nSPS) is 11.7. The number of unbranched alkanes of at least 4 members (excludes halogenated alkanes) is 3. The second-order valence-corrected chi connectivity index (χ2v) is 10.5. The Labute approximate surface area is 223 Å². The zero-order valence-corrected chi connectivity index (χ0v) is 22.2. The lowest BCUT2D eigenvalue weighted by Gasteiger charge is -2.06. The first-order valence-electron chi connectivity index (χ1n) is 12.8. The third kappa shape index (κ3) is 4.89. The lowest BCUT2D eigenvalue weighted by molar-refractivity contribution is -0.118. The minimum Gasteiger partial charge on any atom is -0.493 e. The quantitative estimate of drug-likeness (QED) is 0.165. The SMILES string of the molecule is CCCCCCn1c(O)c(N=NC(=O)Cn2cnc3sc(C)c(-c4ccccc4)c3c2=O)c2ccccc21. The Hall–Kier alpha value is -4.11. The highest BCUT2D eigenvalue weighted by Gasteiger charge is 2.19. The molecule has 9 heteroatoms. The van der Waals surface area contributed by atoms with Crippen molar-refractivity contribution in [2.24, 2.45) is 10.2 Å². The van der Waals surface area contributed by atoms with E-state index >= 15 is 0 Å². The van der Waals surface area contributed by atoms with E-state index in [0.717, 1.165) is 52.6 Å². The molecule has 38 heavy (non-hydrogen) atoms. The summed E-state index contributed by atoms with van der Waals surface area (Å²) in [6.07, 6.45) is 5.65. The summed E-state index contributed by atoms with van der Waals surface area (Å²) >= 11 is 1.45. The number of thiophene rings is 1. The summed E-state index contributed by atoms with van der Waals surface area (Å²) in [7, 11) is 0. The van der Waals surface area contributed by atoms with E-state index in [2.05, 4.69) is 22.1 Å². The van der Waals surface area contributed by atoms with Crippen molar-refractivity contribution in [1.82, 2.24) is 14.1 Å². The fourth-order valence-corrected chi connectivity index (χ4v) is 5.78. The predicted molar refractivity (Wildman–Crippen MR) is 151 cm³/mol. The summed E-state index contributed by atoms with van der Waals surface area (Å²) in [5.41, 5.74) is 2.57. The number of aryl methyl sites for hydroxylation is 2. The summed E-state index contributed by atoms with van der Waals surface area (Å²) in [5.74, 6) is -0.624. The van der Waals surface area contributed by atoms with Crippen molar-refractivity contribution in [3.63, 3.8) is 0 Å². The van der Waals surface area contributed by atoms with Gasteiger partial charge in [0.25, 0.3) is 11.5 Å². The summed E-state index contributed by atoms with van der Waals surface area (Å²) in [6, 6.07) is 17.2. The number of amides is 1. The molecule has 0 bridgehead atoms. The van der Waals surface area contributed by atoms with E-state index in [1.807, 2.05) is 66.1 Å². The van der Waals surface area contributed by atoms with Crippen LogP contribution in [0.1, 0.15) is 37.5 Å². The second-order valence-electron chi connectivity index (χ2n) is 9.25. The minimum absolute atomic E-state index is 0.0132. The number of hydrogen-bond acceptors (Lipinski definition) is 6. The fraction of sp³-hybridized carbons (Fsp3) is 0.276. The molecule has 0 fully saturated rings. The van der Waals surface area contributed by atoms with Crippen LogP contribution in [0, 0.1) is 6.92 Å². The first kappa shape index (κ1) is 25.5. The fourth-order valence-electron chi connectivity index (χ4n) is 4.78. The van der Waals surface area contributed by atoms with Crippen molar-refractivity contribution in [3.8, 4) is 17.0 Å². The molecule has 0 spiro atoms. The largest absolute Gasteiger partial charge is 0.493 e. The van der Waals surface area contributed by atoms with Gasteiger partial charge in [-0.05, 0) is 25.0 Å². The second kappa shape index (κ2) is 11.1. The van der Waals surface area contributed by atoms with Gasteiger partial charge in [0.2, 0.25) is 5.88 Å². The highest BCUT2D eigenvalue weighted by Crippen LogP contribution is 2.39. The molecule has 3 heterocycles. The summed E-state index contributed by atoms with van der Waals surface area (Å²) < 4.78 is 3.08. The summed E-state index contributed by atoms with van der Waals surface area (Å²) in [4.78, 5) is 32.2. The van der Waals surface area contributed by atoms with E-state index in [1.165, 1.54) is 22.2 Å². The predicted octanol–water partition coefficient (Wildman–Crippen LogP) is 6.98. The topological polar surface area (TPSA) is 102 Å². The average Bonchev–Trinajstić information content (AvgIpc) is 3.41. The number of fused-ring (bicyclic) bond motifs is 2. The molecule has 0 saturated carbocycles. The van der Waals surface area contributed by atoms with Crippen LogP contribution < -0.4 is 5.56 Å². The number of para-hydroxylation sites is 1. The number of carbonyl (C=O) groups excluding carboxylic acids is 1. The van der Waals surface area contributed by atoms with Gasteiger partial charge in [0.1, 0.15) is 11.4 Å². The molecule has 2 aromatic carbocycles. The van der Waals surface area contributed by atoms with Crippen LogP contribution in [0.25, 0.3) is 32.2 Å². The molecule has 1 N–H and O–H groups in total. The van der Waals surface area contributed by atoms with Gasteiger partial charge < -0.3 is 9.67 Å². The Balaban J connectivity index is 1.42. The molecular formula is C29H29N5O3S. The average molecular weight is 528 g/mol. The van der Waals surface area contributed by atoms with E-state index in [1.54, 1.807) is 0 Å². The standard InChI is InChI=1S/C29H29N5O3S/c1-3-4-5-11-16-34-22-15-10-9-14-21(22)26(29(34)37)32-31-23(35)17-33-18-30-27-25(28(33)36)24(19(2)38-27)20-12-7-6-8-13-20/h6-10,12-15,18,37H,3-5,11,16-17H2,1-2H3. The van der Waals surface area contributed by atoms with Gasteiger partial charge >= 0.3 is 0 Å². The molecule has 0 saturated heterocycles. The number of hydrogen-bond donors (Lipinski definition) is 1. The Bertz CT molecular complexity index is 1700. The first-order valence-corrected chi connectivity index (χ1v) is 13.6. The van der Waals surface area contributed by atoms with E-state index in [4.69, 9.17) is 0 Å². The van der Waals surface area contributed by atoms with Crippen molar-refractivity contribution in [1.29, 1.82) is 0 Å². The molecule has 0 aliphatic heterocycles. The molecule has 8 nitrogen and oxygen atoms in total. The van der Waals surface area contributed by atoms with Crippen LogP contribution in [0.4, 0.5) is 5.69 Å². The molecular weight excluding hydrogens is 498 g/mol. The first-order chi connectivity index (χ1) is 18.5. The van der Waals surface area contributed by atoms with E-state index < -0.39 is 5.91 Å². The van der Waals surface area contributed by atoms with Crippen LogP contribution in [0.15, 0.2) is 75.9 Å². The number of azo groups is 1. The Morgan fingerprint density at radius 1 is 1.05 bits per heavy atom. The minimum atomic E-state index is -0.611. The van der Waals surface area contributed by atoms with Gasteiger partial charge in [-0.25, -0.2) is 4.98 Å². The van der Waals surface area contributed by atoms with Gasteiger partial charge in [-0.15, -0.1) is 21.6 Å². The van der Waals surface area contributed by atoms with Gasteiger partial charge in [-0.2, -0.15) is 0 Å². The highest BCUT2D eigenvalue weighted by molar-refractivity contribution is 7.19. The molecule has 0 radical (unpaired) electrons. The lowest BCUT2D eigenvalue weighted by Crippen LogP contribution is -2.23. The zero-order valence-electron chi connectivity index (χ0n) is 21.4. The van der Waals surface area contributed by atoms with Crippen LogP contribution in [-0.4, -0.2) is 25.1 Å². The zero-order chi connectivity index (χ0) is 26.6. The molecule has 5 rings (SSSR count). The van der Waals surface area contributed by atoms with E-state index in [0.29, 0.717) is 16.8 Å². The molecule has 194 valence electrons. The third-order valence-electron chi connectivity index (χ3n) is 6.64. The van der Waals surface area contributed by atoms with Gasteiger partial charge in [-0.1, -0.05) is 74.7 Å². The van der Waals surface area contributed by atoms with Crippen molar-refractivity contribution < 1.29 is 9.90 Å². The molecule has 0 atom stereocenters. The van der Waals surface area contributed by atoms with Gasteiger partial charge in [0.15, 0.2) is 5.69 Å². The molecule has 0 aliphatic rings. The number of nitrogens with zero attached hydrogens (tertiary/aromatic N) is 5. The van der Waals surface area contributed by atoms with Crippen molar-refractivity contribution in [3.05, 3.63) is 76.2 Å². The van der Waals surface area contributed by atoms with Crippen molar-refractivity contribution >= 4 is 44.1 Å². The number of aromatic hydroxyl groups is 1. The number of benzene rings is 2. The number of aromatic nitrogens is 3. The molecule has 0 unspecified atom stereocenters. The Morgan fingerprint density at radius 3 is 2.61 bits per heavy atom. The van der Waals surface area contributed by atoms with Gasteiger partial charge in [0, 0.05) is 22.4 Å². The maximum atomic E-state index is 13.4. The van der Waals surface area contributed by atoms with Crippen LogP contribution >= 0.6 is 11.3 Å². The lowest BCUT2D eigenvalue weighted by atomic mass is 10.0. The molecule has 5 aromatic rings. The van der Waals surface area contributed by atoms with E-state index in [9.17, 15) is 14.7 Å². The summed E-state index contributed by atoms with van der Waals surface area (Å²) in [5, 5.41) is 20.1. The van der Waals surface area contributed by atoms with Gasteiger partial charge in [-0.3, -0.25) is 14.2 Å². The van der Waals surface area contributed by atoms with Crippen molar-refractivity contribution in [2.75, 3.05) is 0 Å². The molecule has 0 aliphatic carbocycles. The maximum absolute atomic E-state index is 13.4. The number of carbonyl (C=O) groups is 1. The maximum Gasteiger partial charge on any atom is 0.284 e. The number of rotatable bonds is 9.